The molecule has 1 aliphatic heterocycles. The Hall–Kier alpha value is -2.48. The molecule has 1 aromatic carbocycles. The first-order chi connectivity index (χ1) is 11.5. The van der Waals surface area contributed by atoms with Crippen LogP contribution in [0.1, 0.15) is 25.8 Å². The van der Waals surface area contributed by atoms with E-state index in [-0.39, 0.29) is 17.2 Å². The van der Waals surface area contributed by atoms with Gasteiger partial charge >= 0.3 is 0 Å². The van der Waals surface area contributed by atoms with Crippen molar-refractivity contribution in [2.24, 2.45) is 11.8 Å². The van der Waals surface area contributed by atoms with Crippen molar-refractivity contribution < 1.29 is 9.90 Å². The summed E-state index contributed by atoms with van der Waals surface area (Å²) in [6, 6.07) is 8.89. The Morgan fingerprint density at radius 1 is 1.33 bits per heavy atom. The monoisotopic (exact) mass is 327 g/mol. The number of aromatic hydroxyl groups is 1. The topological polar surface area (TPSA) is 76.4 Å². The largest absolute Gasteiger partial charge is 0.508 e. The van der Waals surface area contributed by atoms with Crippen LogP contribution in [-0.4, -0.2) is 35.5 Å². The van der Waals surface area contributed by atoms with E-state index in [4.69, 9.17) is 0 Å². The predicted molar refractivity (Wildman–Crippen MR) is 93.0 cm³/mol. The lowest BCUT2D eigenvalue weighted by Crippen LogP contribution is -2.36. The van der Waals surface area contributed by atoms with Gasteiger partial charge in [0.05, 0.1) is 0 Å². The highest BCUT2D eigenvalue weighted by Crippen LogP contribution is 2.21. The molecule has 1 saturated heterocycles. The molecule has 0 aromatic heterocycles. The molecule has 1 amide bonds. The van der Waals surface area contributed by atoms with Crippen LogP contribution in [0.5, 0.6) is 5.75 Å². The summed E-state index contributed by atoms with van der Waals surface area (Å²) in [6.07, 6.45) is 3.54. The minimum absolute atomic E-state index is 0.155. The van der Waals surface area contributed by atoms with Gasteiger partial charge in [0.25, 0.3) is 5.91 Å². The van der Waals surface area contributed by atoms with E-state index in [1.165, 1.54) is 6.42 Å². The number of nitrogens with one attached hydrogen (secondary N) is 1. The molecular weight excluding hydrogens is 302 g/mol. The highest BCUT2D eigenvalue weighted by atomic mass is 16.3. The third-order valence-corrected chi connectivity index (χ3v) is 4.21. The SMILES string of the molecule is CC1CC(C)CN(/C=C(/C#N)C(=O)NCCc2ccc(O)cc2)C1. The third kappa shape index (κ3) is 5.31. The second-order valence-corrected chi connectivity index (χ2v) is 6.73. The summed E-state index contributed by atoms with van der Waals surface area (Å²) in [7, 11) is 0. The summed E-state index contributed by atoms with van der Waals surface area (Å²) in [6.45, 7) is 6.61. The smallest absolute Gasteiger partial charge is 0.263 e. The van der Waals surface area contributed by atoms with Crippen LogP contribution in [0, 0.1) is 23.2 Å². The fraction of sp³-hybridized carbons (Fsp3) is 0.474. The van der Waals surface area contributed by atoms with Crippen LogP contribution >= 0.6 is 0 Å². The Bertz CT molecular complexity index is 621. The third-order valence-electron chi connectivity index (χ3n) is 4.21. The highest BCUT2D eigenvalue weighted by Gasteiger charge is 2.21. The molecule has 2 rings (SSSR count). The first kappa shape index (κ1) is 17.9. The first-order valence-corrected chi connectivity index (χ1v) is 8.40. The number of carbonyl (C=O) groups excluding carboxylic acids is 1. The molecule has 24 heavy (non-hydrogen) atoms. The Balaban J connectivity index is 1.88. The normalized spacial score (nSPS) is 21.2. The summed E-state index contributed by atoms with van der Waals surface area (Å²) in [4.78, 5) is 14.3. The van der Waals surface area contributed by atoms with Crippen molar-refractivity contribution in [2.45, 2.75) is 26.7 Å². The number of phenols is 1. The number of amides is 1. The highest BCUT2D eigenvalue weighted by molar-refractivity contribution is 5.97. The number of piperidine rings is 1. The number of hydrogen-bond donors (Lipinski definition) is 2. The van der Waals surface area contributed by atoms with E-state index in [1.807, 2.05) is 18.2 Å². The van der Waals surface area contributed by atoms with Crippen molar-refractivity contribution in [3.8, 4) is 11.8 Å². The van der Waals surface area contributed by atoms with E-state index in [2.05, 4.69) is 24.1 Å². The summed E-state index contributed by atoms with van der Waals surface area (Å²) < 4.78 is 0. The summed E-state index contributed by atoms with van der Waals surface area (Å²) in [5.74, 6) is 1.04. The summed E-state index contributed by atoms with van der Waals surface area (Å²) >= 11 is 0. The van der Waals surface area contributed by atoms with Gasteiger partial charge in [-0.1, -0.05) is 26.0 Å². The number of phenolic OH excluding ortho intramolecular Hbond substituents is 1. The molecule has 1 heterocycles. The minimum atomic E-state index is -0.331. The molecule has 0 radical (unpaired) electrons. The second-order valence-electron chi connectivity index (χ2n) is 6.73. The second kappa shape index (κ2) is 8.39. The fourth-order valence-corrected chi connectivity index (χ4v) is 3.22. The van der Waals surface area contributed by atoms with Crippen LogP contribution in [0.25, 0.3) is 0 Å². The van der Waals surface area contributed by atoms with Gasteiger partial charge in [0.1, 0.15) is 17.4 Å². The van der Waals surface area contributed by atoms with Gasteiger partial charge in [0.2, 0.25) is 0 Å². The first-order valence-electron chi connectivity index (χ1n) is 8.40. The molecule has 128 valence electrons. The Labute approximate surface area is 143 Å². The van der Waals surface area contributed by atoms with Crippen LogP contribution in [-0.2, 0) is 11.2 Å². The van der Waals surface area contributed by atoms with Crippen molar-refractivity contribution in [1.29, 1.82) is 5.26 Å². The number of rotatable bonds is 5. The van der Waals surface area contributed by atoms with Crippen molar-refractivity contribution in [2.75, 3.05) is 19.6 Å². The van der Waals surface area contributed by atoms with E-state index in [9.17, 15) is 15.2 Å². The average Bonchev–Trinajstić information content (AvgIpc) is 2.53. The zero-order valence-electron chi connectivity index (χ0n) is 14.3. The molecule has 0 aliphatic carbocycles. The average molecular weight is 327 g/mol. The van der Waals surface area contributed by atoms with Crippen LogP contribution < -0.4 is 5.32 Å². The molecule has 0 bridgehead atoms. The molecule has 1 aliphatic rings. The zero-order valence-corrected chi connectivity index (χ0v) is 14.3. The molecule has 0 spiro atoms. The van der Waals surface area contributed by atoms with Crippen molar-refractivity contribution >= 4 is 5.91 Å². The quantitative estimate of drug-likeness (QED) is 0.643. The maximum Gasteiger partial charge on any atom is 0.263 e. The Morgan fingerprint density at radius 3 is 2.54 bits per heavy atom. The number of benzene rings is 1. The van der Waals surface area contributed by atoms with Gasteiger partial charge in [0.15, 0.2) is 0 Å². The summed E-state index contributed by atoms with van der Waals surface area (Å²) in [5, 5.41) is 21.3. The van der Waals surface area contributed by atoms with Gasteiger partial charge in [-0.25, -0.2) is 0 Å². The van der Waals surface area contributed by atoms with Crippen LogP contribution in [0.15, 0.2) is 36.0 Å². The van der Waals surface area contributed by atoms with E-state index < -0.39 is 0 Å². The van der Waals surface area contributed by atoms with Crippen LogP contribution in [0.2, 0.25) is 0 Å². The van der Waals surface area contributed by atoms with Gasteiger partial charge in [-0.2, -0.15) is 5.26 Å². The van der Waals surface area contributed by atoms with Crippen molar-refractivity contribution in [3.63, 3.8) is 0 Å². The van der Waals surface area contributed by atoms with Crippen LogP contribution in [0.3, 0.4) is 0 Å². The Morgan fingerprint density at radius 2 is 1.96 bits per heavy atom. The van der Waals surface area contributed by atoms with Crippen molar-refractivity contribution in [3.05, 3.63) is 41.6 Å². The number of hydrogen-bond acceptors (Lipinski definition) is 4. The molecular formula is C19H25N3O2. The maximum absolute atomic E-state index is 12.2. The molecule has 2 unspecified atom stereocenters. The molecule has 5 nitrogen and oxygen atoms in total. The van der Waals surface area contributed by atoms with E-state index >= 15 is 0 Å². The zero-order chi connectivity index (χ0) is 17.5. The van der Waals surface area contributed by atoms with Crippen molar-refractivity contribution in [1.82, 2.24) is 10.2 Å². The standard InChI is InChI=1S/C19H25N3O2/c1-14-9-15(2)12-22(11-14)13-17(10-20)19(24)21-8-7-16-3-5-18(23)6-4-16/h3-6,13-15,23H,7-9,11-12H2,1-2H3,(H,21,24)/b17-13-. The molecule has 2 N–H and O–H groups in total. The number of nitrogens with zero attached hydrogens (tertiary/aromatic N) is 2. The number of likely N-dealkylation sites (tertiary alicyclic amines) is 1. The van der Waals surface area contributed by atoms with Gasteiger partial charge in [-0.05, 0) is 42.4 Å². The van der Waals surface area contributed by atoms with E-state index in [0.29, 0.717) is 24.8 Å². The van der Waals surface area contributed by atoms with Crippen LogP contribution in [0.4, 0.5) is 0 Å². The fourth-order valence-electron chi connectivity index (χ4n) is 3.22. The molecule has 1 aromatic rings. The predicted octanol–water partition coefficient (Wildman–Crippen LogP) is 2.44. The van der Waals surface area contributed by atoms with E-state index in [1.54, 1.807) is 18.3 Å². The molecule has 5 heteroatoms. The minimum Gasteiger partial charge on any atom is -0.508 e. The number of nitriles is 1. The summed E-state index contributed by atoms with van der Waals surface area (Å²) in [5.41, 5.74) is 1.18. The maximum atomic E-state index is 12.2. The van der Waals surface area contributed by atoms with E-state index in [0.717, 1.165) is 18.7 Å². The lowest BCUT2D eigenvalue weighted by atomic mass is 9.92. The lowest BCUT2D eigenvalue weighted by Gasteiger charge is -2.34. The Kier molecular flexibility index (Phi) is 6.25. The molecule has 0 saturated carbocycles. The lowest BCUT2D eigenvalue weighted by molar-refractivity contribution is -0.117. The van der Waals surface area contributed by atoms with Gasteiger partial charge in [0, 0.05) is 25.8 Å². The molecule has 1 fully saturated rings. The number of carbonyl (C=O) groups is 1. The molecule has 2 atom stereocenters. The van der Waals surface area contributed by atoms with Gasteiger partial charge in [-0.3, -0.25) is 4.79 Å². The van der Waals surface area contributed by atoms with Gasteiger partial charge < -0.3 is 15.3 Å². The van der Waals surface area contributed by atoms with Gasteiger partial charge in [-0.15, -0.1) is 0 Å².